The Kier molecular flexibility index (Phi) is 18.9. The van der Waals surface area contributed by atoms with Gasteiger partial charge >= 0.3 is 0 Å². The number of ether oxygens (including phenoxy) is 2. The highest BCUT2D eigenvalue weighted by Crippen LogP contribution is 2.30. The zero-order chi connectivity index (χ0) is 40.9. The SMILES string of the molecule is CC[C@H](C)[C@@H]([C@@H](CC(=O)N1CCC[C@H]1[C@H](OC)[C@@H](C)C(=O)N[C@H](C)[C@@H](O)c1ccccc1)OC)N(C)C(=O)[C@@H](NC(=O)[C@H](C(C)C)N(C)C)C(C)N=[N+]=[N-]. The Morgan fingerprint density at radius 2 is 1.63 bits per heavy atom. The number of amides is 4. The summed E-state index contributed by atoms with van der Waals surface area (Å²) in [6.45, 7) is 13.4. The third-order valence-electron chi connectivity index (χ3n) is 11.0. The van der Waals surface area contributed by atoms with E-state index in [0.717, 1.165) is 6.42 Å². The predicted octanol–water partition coefficient (Wildman–Crippen LogP) is 3.91. The van der Waals surface area contributed by atoms with Crippen molar-refractivity contribution in [2.75, 3.05) is 41.9 Å². The molecular weight excluding hydrogens is 692 g/mol. The molecule has 1 aliphatic heterocycles. The van der Waals surface area contributed by atoms with Crippen LogP contribution in [-0.4, -0.2) is 134 Å². The van der Waals surface area contributed by atoms with E-state index in [2.05, 4.69) is 20.7 Å². The second-order valence-corrected chi connectivity index (χ2v) is 15.3. The Morgan fingerprint density at radius 1 is 1.00 bits per heavy atom. The van der Waals surface area contributed by atoms with E-state index in [9.17, 15) is 29.8 Å². The number of likely N-dealkylation sites (tertiary alicyclic amines) is 1. The zero-order valence-corrected chi connectivity index (χ0v) is 34.4. The van der Waals surface area contributed by atoms with Gasteiger partial charge in [0.05, 0.1) is 60.9 Å². The molecule has 54 heavy (non-hydrogen) atoms. The summed E-state index contributed by atoms with van der Waals surface area (Å²) >= 11 is 0. The molecule has 3 N–H and O–H groups in total. The largest absolute Gasteiger partial charge is 0.386 e. The molecule has 0 saturated carbocycles. The number of methoxy groups -OCH3 is 2. The number of carbonyl (C=O) groups excluding carboxylic acids is 4. The number of aliphatic hydroxyl groups excluding tert-OH is 1. The van der Waals surface area contributed by atoms with Gasteiger partial charge in [-0.3, -0.25) is 24.1 Å². The van der Waals surface area contributed by atoms with Gasteiger partial charge in [-0.15, -0.1) is 0 Å². The van der Waals surface area contributed by atoms with E-state index >= 15 is 0 Å². The normalized spacial score (nSPS) is 20.1. The van der Waals surface area contributed by atoms with Crippen molar-refractivity contribution in [3.8, 4) is 0 Å². The molecule has 1 aromatic carbocycles. The van der Waals surface area contributed by atoms with Gasteiger partial charge in [0, 0.05) is 32.7 Å². The summed E-state index contributed by atoms with van der Waals surface area (Å²) < 4.78 is 11.9. The van der Waals surface area contributed by atoms with Crippen LogP contribution in [0.2, 0.25) is 0 Å². The summed E-state index contributed by atoms with van der Waals surface area (Å²) in [5.74, 6) is -2.13. The van der Waals surface area contributed by atoms with Crippen LogP contribution in [0.3, 0.4) is 0 Å². The lowest BCUT2D eigenvalue weighted by Crippen LogP contribution is -2.60. The van der Waals surface area contributed by atoms with Crippen LogP contribution in [0, 0.1) is 17.8 Å². The maximum Gasteiger partial charge on any atom is 0.245 e. The van der Waals surface area contributed by atoms with E-state index in [1.165, 1.54) is 19.1 Å². The zero-order valence-electron chi connectivity index (χ0n) is 34.4. The minimum atomic E-state index is -1.16. The van der Waals surface area contributed by atoms with Crippen LogP contribution in [0.5, 0.6) is 0 Å². The Hall–Kier alpha value is -3.75. The van der Waals surface area contributed by atoms with Crippen molar-refractivity contribution < 1.29 is 33.8 Å². The van der Waals surface area contributed by atoms with Gasteiger partial charge in [-0.1, -0.05) is 83.4 Å². The fourth-order valence-electron chi connectivity index (χ4n) is 7.81. The molecule has 4 amide bonds. The molecule has 0 spiro atoms. The van der Waals surface area contributed by atoms with Crippen LogP contribution in [0.15, 0.2) is 35.4 Å². The molecule has 2 rings (SSSR count). The second-order valence-electron chi connectivity index (χ2n) is 15.3. The third-order valence-corrected chi connectivity index (χ3v) is 11.0. The van der Waals surface area contributed by atoms with Crippen molar-refractivity contribution in [2.45, 2.75) is 129 Å². The molecule has 0 bridgehead atoms. The first-order valence-corrected chi connectivity index (χ1v) is 19.1. The number of azide groups is 1. The Balaban J connectivity index is 2.31. The van der Waals surface area contributed by atoms with Crippen LogP contribution >= 0.6 is 0 Å². The van der Waals surface area contributed by atoms with Crippen molar-refractivity contribution in [3.63, 3.8) is 0 Å². The Labute approximate surface area is 322 Å². The molecule has 11 atom stereocenters. The number of hydrogen-bond acceptors (Lipinski definition) is 9. The lowest BCUT2D eigenvalue weighted by molar-refractivity contribution is -0.147. The van der Waals surface area contributed by atoms with Crippen LogP contribution in [0.4, 0.5) is 0 Å². The number of nitrogens with zero attached hydrogens (tertiary/aromatic N) is 6. The average Bonchev–Trinajstić information content (AvgIpc) is 3.62. The molecule has 1 aliphatic rings. The highest BCUT2D eigenvalue weighted by molar-refractivity contribution is 5.90. The standard InChI is InChI=1S/C39H66N8O7/c1-13-24(4)34(46(10)39(52)32(26(6)43-44-40)42-38(51)33(23(2)3)45(8)9)30(53-11)22-31(48)47-21-17-20-29(47)36(54-12)25(5)37(50)41-27(7)35(49)28-18-15-14-16-19-28/h14-16,18-19,23-27,29-30,32-36,49H,13,17,20-22H2,1-12H3,(H,41,50)(H,42,51)/t24-,25+,26?,27+,29-,30+,32-,33-,34-,35+,36+/m0/s1. The average molecular weight is 759 g/mol. The molecular formula is C39H66N8O7. The molecule has 0 aliphatic carbocycles. The van der Waals surface area contributed by atoms with Gasteiger partial charge in [-0.05, 0) is 56.8 Å². The minimum Gasteiger partial charge on any atom is -0.386 e. The van der Waals surface area contributed by atoms with Gasteiger partial charge in [0.2, 0.25) is 23.6 Å². The number of rotatable bonds is 21. The van der Waals surface area contributed by atoms with Crippen LogP contribution in [0.25, 0.3) is 10.4 Å². The first-order valence-electron chi connectivity index (χ1n) is 19.1. The first kappa shape index (κ1) is 46.4. The molecule has 1 unspecified atom stereocenters. The van der Waals surface area contributed by atoms with Gasteiger partial charge in [-0.2, -0.15) is 0 Å². The van der Waals surface area contributed by atoms with Crippen LogP contribution in [0.1, 0.15) is 85.8 Å². The summed E-state index contributed by atoms with van der Waals surface area (Å²) in [6.07, 6.45) is -0.254. The maximum atomic E-state index is 14.3. The summed E-state index contributed by atoms with van der Waals surface area (Å²) in [6, 6.07) is 5.02. The lowest BCUT2D eigenvalue weighted by atomic mass is 9.89. The summed E-state index contributed by atoms with van der Waals surface area (Å²) in [5.41, 5.74) is 9.94. The van der Waals surface area contributed by atoms with Gasteiger partial charge in [0.1, 0.15) is 6.04 Å². The molecule has 0 radical (unpaired) electrons. The number of likely N-dealkylation sites (N-methyl/N-ethyl adjacent to an activating group) is 2. The van der Waals surface area contributed by atoms with Gasteiger partial charge in [-0.25, -0.2) is 0 Å². The Bertz CT molecular complexity index is 1400. The number of carbonyl (C=O) groups is 4. The first-order chi connectivity index (χ1) is 25.5. The lowest BCUT2D eigenvalue weighted by Gasteiger charge is -2.41. The molecule has 15 nitrogen and oxygen atoms in total. The van der Waals surface area contributed by atoms with E-state index in [-0.39, 0.29) is 42.0 Å². The fourth-order valence-corrected chi connectivity index (χ4v) is 7.81. The van der Waals surface area contributed by atoms with Gasteiger partial charge in [0.15, 0.2) is 0 Å². The van der Waals surface area contributed by atoms with Crippen molar-refractivity contribution in [3.05, 3.63) is 46.3 Å². The molecule has 0 aromatic heterocycles. The monoisotopic (exact) mass is 759 g/mol. The fraction of sp³-hybridized carbons (Fsp3) is 0.744. The number of benzene rings is 1. The molecule has 1 saturated heterocycles. The predicted molar refractivity (Wildman–Crippen MR) is 208 cm³/mol. The van der Waals surface area contributed by atoms with Crippen molar-refractivity contribution in [2.24, 2.45) is 22.9 Å². The number of hydrogen-bond donors (Lipinski definition) is 3. The maximum absolute atomic E-state index is 14.3. The topological polar surface area (TPSA) is 190 Å². The minimum absolute atomic E-state index is 0.0457. The molecule has 15 heteroatoms. The van der Waals surface area contributed by atoms with Crippen LogP contribution in [-0.2, 0) is 28.7 Å². The van der Waals surface area contributed by atoms with Gasteiger partial charge < -0.3 is 35.0 Å². The Morgan fingerprint density at radius 3 is 2.15 bits per heavy atom. The third kappa shape index (κ3) is 11.9. The highest BCUT2D eigenvalue weighted by Gasteiger charge is 2.43. The summed E-state index contributed by atoms with van der Waals surface area (Å²) in [5, 5.41) is 20.4. The van der Waals surface area contributed by atoms with Crippen molar-refractivity contribution >= 4 is 23.6 Å². The second kappa shape index (κ2) is 22.0. The molecule has 304 valence electrons. The molecule has 1 fully saturated rings. The summed E-state index contributed by atoms with van der Waals surface area (Å²) in [7, 11) is 8.24. The number of nitrogens with one attached hydrogen (secondary N) is 2. The quantitative estimate of drug-likeness (QED) is 0.0956. The molecule has 1 aromatic rings. The molecule has 1 heterocycles. The van der Waals surface area contributed by atoms with E-state index in [1.807, 2.05) is 45.9 Å². The smallest absolute Gasteiger partial charge is 0.245 e. The van der Waals surface area contributed by atoms with E-state index in [1.54, 1.807) is 63.8 Å². The van der Waals surface area contributed by atoms with Crippen molar-refractivity contribution in [1.29, 1.82) is 0 Å². The van der Waals surface area contributed by atoms with Gasteiger partial charge in [0.25, 0.3) is 0 Å². The van der Waals surface area contributed by atoms with E-state index in [4.69, 9.17) is 9.47 Å². The van der Waals surface area contributed by atoms with E-state index in [0.29, 0.717) is 24.9 Å². The summed E-state index contributed by atoms with van der Waals surface area (Å²) in [4.78, 5) is 63.4. The van der Waals surface area contributed by atoms with Crippen LogP contribution < -0.4 is 10.6 Å². The number of aliphatic hydroxyl groups is 1. The van der Waals surface area contributed by atoms with E-state index < -0.39 is 60.3 Å². The van der Waals surface area contributed by atoms with Crippen molar-refractivity contribution in [1.82, 2.24) is 25.3 Å². The highest BCUT2D eigenvalue weighted by atomic mass is 16.5.